The molecule has 0 spiro atoms. The van der Waals surface area contributed by atoms with E-state index in [0.29, 0.717) is 25.1 Å². The van der Waals surface area contributed by atoms with E-state index in [0.717, 1.165) is 23.2 Å². The fourth-order valence-electron chi connectivity index (χ4n) is 2.85. The van der Waals surface area contributed by atoms with Gasteiger partial charge in [0.15, 0.2) is 0 Å². The smallest absolute Gasteiger partial charge is 0.258 e. The van der Waals surface area contributed by atoms with Gasteiger partial charge in [-0.2, -0.15) is 0 Å². The van der Waals surface area contributed by atoms with Crippen LogP contribution >= 0.6 is 0 Å². The molecular weight excluding hydrogens is 307 g/mol. The Balaban J connectivity index is 1.76. The molecule has 4 nitrogen and oxygen atoms in total. The normalized spacial score (nSPS) is 12.8. The van der Waals surface area contributed by atoms with Gasteiger partial charge >= 0.3 is 0 Å². The summed E-state index contributed by atoms with van der Waals surface area (Å²) < 4.78 is 13.0. The van der Waals surface area contributed by atoms with Crippen LogP contribution in [0.25, 0.3) is 0 Å². The molecule has 1 aliphatic heterocycles. The maximum absolute atomic E-state index is 13.0. The maximum Gasteiger partial charge on any atom is 0.258 e. The predicted octanol–water partition coefficient (Wildman–Crippen LogP) is 3.05. The summed E-state index contributed by atoms with van der Waals surface area (Å²) in [7, 11) is 0. The van der Waals surface area contributed by atoms with Gasteiger partial charge in [-0.3, -0.25) is 9.59 Å². The molecule has 0 radical (unpaired) electrons. The zero-order chi connectivity index (χ0) is 17.1. The molecule has 0 atom stereocenters. The summed E-state index contributed by atoms with van der Waals surface area (Å²) in [4.78, 5) is 25.7. The molecule has 0 aliphatic carbocycles. The Morgan fingerprint density at radius 2 is 1.92 bits per heavy atom. The molecule has 1 heterocycles. The van der Waals surface area contributed by atoms with Gasteiger partial charge < -0.3 is 10.2 Å². The molecule has 2 amide bonds. The van der Waals surface area contributed by atoms with Crippen LogP contribution in [0.4, 0.5) is 10.1 Å². The second-order valence-electron chi connectivity index (χ2n) is 5.81. The first-order valence-electron chi connectivity index (χ1n) is 8.04. The van der Waals surface area contributed by atoms with Crippen LogP contribution in [0.3, 0.4) is 0 Å². The first kappa shape index (κ1) is 16.2. The van der Waals surface area contributed by atoms with Crippen molar-refractivity contribution in [3.05, 3.63) is 65.0 Å². The largest absolute Gasteiger partial charge is 0.352 e. The molecule has 0 unspecified atom stereocenters. The molecule has 124 valence electrons. The van der Waals surface area contributed by atoms with Crippen LogP contribution in [-0.4, -0.2) is 18.4 Å². The Labute approximate surface area is 140 Å². The molecule has 0 bridgehead atoms. The summed E-state index contributed by atoms with van der Waals surface area (Å²) in [5, 5.41) is 2.85. The minimum Gasteiger partial charge on any atom is -0.352 e. The summed E-state index contributed by atoms with van der Waals surface area (Å²) in [5.74, 6) is -0.462. The first-order chi connectivity index (χ1) is 11.6. The maximum atomic E-state index is 13.0. The van der Waals surface area contributed by atoms with Crippen molar-refractivity contribution >= 4 is 17.5 Å². The van der Waals surface area contributed by atoms with E-state index in [9.17, 15) is 14.0 Å². The lowest BCUT2D eigenvalue weighted by atomic mass is 10.1. The highest BCUT2D eigenvalue weighted by atomic mass is 19.1. The second kappa shape index (κ2) is 6.83. The third-order valence-corrected chi connectivity index (χ3v) is 4.19. The molecule has 1 N–H and O–H groups in total. The van der Waals surface area contributed by atoms with Crippen LogP contribution in [0, 0.1) is 5.82 Å². The van der Waals surface area contributed by atoms with Crippen LogP contribution in [0.2, 0.25) is 0 Å². The highest BCUT2D eigenvalue weighted by Crippen LogP contribution is 2.30. The third kappa shape index (κ3) is 3.30. The second-order valence-corrected chi connectivity index (χ2v) is 5.81. The summed E-state index contributed by atoms with van der Waals surface area (Å²) in [6.07, 6.45) is 1.24. The molecule has 3 rings (SSSR count). The van der Waals surface area contributed by atoms with Crippen molar-refractivity contribution in [2.45, 2.75) is 26.3 Å². The molecule has 24 heavy (non-hydrogen) atoms. The van der Waals surface area contributed by atoms with Gasteiger partial charge in [0, 0.05) is 30.8 Å². The standard InChI is InChI=1S/C19H19FN2O2/c1-2-18(23)21-12-13-3-8-17-15(11-13)9-10-22(17)19(24)14-4-6-16(20)7-5-14/h3-8,11H,2,9-10,12H2,1H3,(H,21,23). The van der Waals surface area contributed by atoms with Crippen LogP contribution in [-0.2, 0) is 17.8 Å². The lowest BCUT2D eigenvalue weighted by Gasteiger charge is -2.17. The minimum atomic E-state index is -0.354. The molecule has 0 saturated carbocycles. The van der Waals surface area contributed by atoms with E-state index in [2.05, 4.69) is 5.32 Å². The SMILES string of the molecule is CCC(=O)NCc1ccc2c(c1)CCN2C(=O)c1ccc(F)cc1. The number of anilines is 1. The zero-order valence-electron chi connectivity index (χ0n) is 13.5. The summed E-state index contributed by atoms with van der Waals surface area (Å²) in [6, 6.07) is 11.5. The van der Waals surface area contributed by atoms with Gasteiger partial charge in [0.2, 0.25) is 5.91 Å². The molecule has 5 heteroatoms. The Bertz CT molecular complexity index is 771. The minimum absolute atomic E-state index is 0.0172. The van der Waals surface area contributed by atoms with E-state index in [1.165, 1.54) is 24.3 Å². The number of hydrogen-bond donors (Lipinski definition) is 1. The molecule has 2 aromatic rings. The van der Waals surface area contributed by atoms with Gasteiger partial charge in [-0.15, -0.1) is 0 Å². The van der Waals surface area contributed by atoms with Crippen molar-refractivity contribution in [3.63, 3.8) is 0 Å². The van der Waals surface area contributed by atoms with Gasteiger partial charge in [-0.25, -0.2) is 4.39 Å². The Hall–Kier alpha value is -2.69. The van der Waals surface area contributed by atoms with Crippen LogP contribution in [0.15, 0.2) is 42.5 Å². The molecule has 1 aliphatic rings. The Morgan fingerprint density at radius 1 is 1.17 bits per heavy atom. The van der Waals surface area contributed by atoms with E-state index < -0.39 is 0 Å². The van der Waals surface area contributed by atoms with E-state index in [-0.39, 0.29) is 17.6 Å². The molecule has 0 aromatic heterocycles. The van der Waals surface area contributed by atoms with Crippen molar-refractivity contribution in [2.75, 3.05) is 11.4 Å². The number of nitrogens with zero attached hydrogens (tertiary/aromatic N) is 1. The summed E-state index contributed by atoms with van der Waals surface area (Å²) >= 11 is 0. The highest BCUT2D eigenvalue weighted by Gasteiger charge is 2.25. The number of rotatable bonds is 4. The Morgan fingerprint density at radius 3 is 2.62 bits per heavy atom. The van der Waals surface area contributed by atoms with E-state index in [1.54, 1.807) is 4.90 Å². The quantitative estimate of drug-likeness (QED) is 0.939. The average molecular weight is 326 g/mol. The van der Waals surface area contributed by atoms with E-state index >= 15 is 0 Å². The lowest BCUT2D eigenvalue weighted by molar-refractivity contribution is -0.120. The number of hydrogen-bond acceptors (Lipinski definition) is 2. The lowest BCUT2D eigenvalue weighted by Crippen LogP contribution is -2.28. The van der Waals surface area contributed by atoms with Crippen LogP contribution in [0.1, 0.15) is 34.8 Å². The zero-order valence-corrected chi connectivity index (χ0v) is 13.5. The van der Waals surface area contributed by atoms with E-state index in [1.807, 2.05) is 25.1 Å². The number of carbonyl (C=O) groups is 2. The van der Waals surface area contributed by atoms with Crippen molar-refractivity contribution in [3.8, 4) is 0 Å². The monoisotopic (exact) mass is 326 g/mol. The fourth-order valence-corrected chi connectivity index (χ4v) is 2.85. The van der Waals surface area contributed by atoms with Gasteiger partial charge in [0.05, 0.1) is 0 Å². The van der Waals surface area contributed by atoms with E-state index in [4.69, 9.17) is 0 Å². The number of nitrogens with one attached hydrogen (secondary N) is 1. The van der Waals surface area contributed by atoms with Gasteiger partial charge in [0.25, 0.3) is 5.91 Å². The number of benzene rings is 2. The van der Waals surface area contributed by atoms with Crippen molar-refractivity contribution < 1.29 is 14.0 Å². The third-order valence-electron chi connectivity index (χ3n) is 4.19. The Kier molecular flexibility index (Phi) is 4.60. The summed E-state index contributed by atoms with van der Waals surface area (Å²) in [6.45, 7) is 2.92. The van der Waals surface area contributed by atoms with Crippen LogP contribution in [0.5, 0.6) is 0 Å². The number of fused-ring (bicyclic) bond motifs is 1. The summed E-state index contributed by atoms with van der Waals surface area (Å²) in [5.41, 5.74) is 3.47. The molecule has 0 saturated heterocycles. The average Bonchev–Trinajstić information content (AvgIpc) is 3.02. The first-order valence-corrected chi connectivity index (χ1v) is 8.04. The van der Waals surface area contributed by atoms with Crippen molar-refractivity contribution in [2.24, 2.45) is 0 Å². The van der Waals surface area contributed by atoms with Gasteiger partial charge in [0.1, 0.15) is 5.82 Å². The number of amides is 2. The van der Waals surface area contributed by atoms with Gasteiger partial charge in [-0.05, 0) is 47.9 Å². The number of halogens is 1. The van der Waals surface area contributed by atoms with Crippen molar-refractivity contribution in [1.29, 1.82) is 0 Å². The van der Waals surface area contributed by atoms with Crippen molar-refractivity contribution in [1.82, 2.24) is 5.32 Å². The predicted molar refractivity (Wildman–Crippen MR) is 90.4 cm³/mol. The molecule has 2 aromatic carbocycles. The molecule has 0 fully saturated rings. The highest BCUT2D eigenvalue weighted by molar-refractivity contribution is 6.07. The fraction of sp³-hybridized carbons (Fsp3) is 0.263. The molecular formula is C19H19FN2O2. The number of carbonyl (C=O) groups excluding carboxylic acids is 2. The van der Waals surface area contributed by atoms with Gasteiger partial charge in [-0.1, -0.05) is 19.1 Å². The van der Waals surface area contributed by atoms with Crippen LogP contribution < -0.4 is 10.2 Å². The topological polar surface area (TPSA) is 49.4 Å².